The van der Waals surface area contributed by atoms with Gasteiger partial charge >= 0.3 is 12.1 Å². The Bertz CT molecular complexity index is 557. The number of carboxylic acid groups (broad SMARTS) is 2. The van der Waals surface area contributed by atoms with Crippen LogP contribution in [0.1, 0.15) is 23.2 Å². The lowest BCUT2D eigenvalue weighted by Gasteiger charge is -2.24. The molecule has 0 aliphatic carbocycles. The Labute approximate surface area is 119 Å². The lowest BCUT2D eigenvalue weighted by atomic mass is 10.1. The smallest absolute Gasteiger partial charge is 0.415 e. The highest BCUT2D eigenvalue weighted by Crippen LogP contribution is 2.13. The van der Waals surface area contributed by atoms with Crippen LogP contribution in [0.15, 0.2) is 30.3 Å². The van der Waals surface area contributed by atoms with Crippen molar-refractivity contribution in [1.29, 1.82) is 0 Å². The van der Waals surface area contributed by atoms with Crippen LogP contribution in [0.5, 0.6) is 0 Å². The third kappa shape index (κ3) is 4.30. The number of carbonyl (C=O) groups excluding carboxylic acids is 2. The Kier molecular flexibility index (Phi) is 5.41. The van der Waals surface area contributed by atoms with Crippen LogP contribution in [-0.2, 0) is 9.59 Å². The Morgan fingerprint density at radius 1 is 1.10 bits per heavy atom. The van der Waals surface area contributed by atoms with Crippen molar-refractivity contribution in [1.82, 2.24) is 4.90 Å². The zero-order chi connectivity index (χ0) is 16.0. The molecule has 1 rings (SSSR count). The van der Waals surface area contributed by atoms with Crippen molar-refractivity contribution >= 4 is 23.9 Å². The largest absolute Gasteiger partial charge is 0.480 e. The molecule has 1 aromatic carbocycles. The van der Waals surface area contributed by atoms with Gasteiger partial charge < -0.3 is 15.9 Å². The summed E-state index contributed by atoms with van der Waals surface area (Å²) >= 11 is 0. The van der Waals surface area contributed by atoms with Gasteiger partial charge in [-0.1, -0.05) is 18.2 Å². The molecular weight excluding hydrogens is 280 g/mol. The average molecular weight is 294 g/mol. The van der Waals surface area contributed by atoms with Gasteiger partial charge in [0.1, 0.15) is 6.04 Å². The number of carboxylic acids is 1. The van der Waals surface area contributed by atoms with E-state index in [-0.39, 0.29) is 23.3 Å². The van der Waals surface area contributed by atoms with Crippen molar-refractivity contribution in [2.45, 2.75) is 18.9 Å². The van der Waals surface area contributed by atoms with Crippen molar-refractivity contribution < 1.29 is 29.4 Å². The van der Waals surface area contributed by atoms with Crippen molar-refractivity contribution in [2.24, 2.45) is 5.73 Å². The first-order valence-corrected chi connectivity index (χ1v) is 5.97. The Morgan fingerprint density at radius 3 is 2.10 bits per heavy atom. The average Bonchev–Trinajstić information content (AvgIpc) is 2.42. The van der Waals surface area contributed by atoms with Crippen molar-refractivity contribution in [2.75, 3.05) is 0 Å². The second-order valence-corrected chi connectivity index (χ2v) is 4.18. The fourth-order valence-corrected chi connectivity index (χ4v) is 1.72. The summed E-state index contributed by atoms with van der Waals surface area (Å²) < 4.78 is 0. The maximum absolute atomic E-state index is 12.1. The molecule has 1 aromatic rings. The van der Waals surface area contributed by atoms with E-state index in [0.717, 1.165) is 0 Å². The predicted octanol–water partition coefficient (Wildman–Crippen LogP) is 0.525. The number of carbonyl (C=O) groups is 4. The number of primary amides is 1. The molecule has 8 heteroatoms. The molecule has 0 aliphatic heterocycles. The molecule has 21 heavy (non-hydrogen) atoms. The van der Waals surface area contributed by atoms with E-state index in [9.17, 15) is 19.2 Å². The van der Waals surface area contributed by atoms with Gasteiger partial charge in [-0.2, -0.15) is 0 Å². The number of aliphatic carboxylic acids is 1. The molecule has 0 saturated carbocycles. The van der Waals surface area contributed by atoms with Crippen LogP contribution in [0.4, 0.5) is 4.79 Å². The molecule has 0 spiro atoms. The standard InChI is InChI=1S/C13H14N2O6/c14-10(16)7-6-9(12(18)19)15(13(20)21)11(17)8-4-2-1-3-5-8/h1-5,9H,6-7H2,(H2,14,16)(H,18,19)(H,20,21). The molecule has 0 radical (unpaired) electrons. The van der Waals surface area contributed by atoms with Crippen LogP contribution >= 0.6 is 0 Å². The van der Waals surface area contributed by atoms with Gasteiger partial charge in [0.05, 0.1) is 0 Å². The van der Waals surface area contributed by atoms with Crippen molar-refractivity contribution in [3.05, 3.63) is 35.9 Å². The number of rotatable bonds is 6. The fraction of sp³-hybridized carbons (Fsp3) is 0.231. The van der Waals surface area contributed by atoms with Crippen LogP contribution in [0.2, 0.25) is 0 Å². The number of hydrogen-bond donors (Lipinski definition) is 3. The molecule has 1 unspecified atom stereocenters. The third-order valence-electron chi connectivity index (χ3n) is 2.71. The summed E-state index contributed by atoms with van der Waals surface area (Å²) in [4.78, 5) is 45.5. The number of benzene rings is 1. The molecular formula is C13H14N2O6. The molecule has 0 saturated heterocycles. The van der Waals surface area contributed by atoms with Crippen molar-refractivity contribution in [3.8, 4) is 0 Å². The van der Waals surface area contributed by atoms with Crippen LogP contribution in [-0.4, -0.2) is 45.0 Å². The number of amides is 3. The first kappa shape index (κ1) is 16.2. The lowest BCUT2D eigenvalue weighted by molar-refractivity contribution is -0.142. The first-order chi connectivity index (χ1) is 9.84. The lowest BCUT2D eigenvalue weighted by Crippen LogP contribution is -2.48. The van der Waals surface area contributed by atoms with Crippen molar-refractivity contribution in [3.63, 3.8) is 0 Å². The zero-order valence-corrected chi connectivity index (χ0v) is 10.9. The summed E-state index contributed by atoms with van der Waals surface area (Å²) in [7, 11) is 0. The van der Waals surface area contributed by atoms with E-state index in [2.05, 4.69) is 0 Å². The minimum atomic E-state index is -1.71. The van der Waals surface area contributed by atoms with Gasteiger partial charge in [-0.05, 0) is 18.6 Å². The van der Waals surface area contributed by atoms with Gasteiger partial charge in [0, 0.05) is 12.0 Å². The summed E-state index contributed by atoms with van der Waals surface area (Å²) in [6, 6.07) is 5.72. The van der Waals surface area contributed by atoms with E-state index in [1.54, 1.807) is 6.07 Å². The predicted molar refractivity (Wildman–Crippen MR) is 70.5 cm³/mol. The van der Waals surface area contributed by atoms with E-state index in [1.807, 2.05) is 0 Å². The van der Waals surface area contributed by atoms with Gasteiger partial charge in [-0.25, -0.2) is 14.5 Å². The Morgan fingerprint density at radius 2 is 1.67 bits per heavy atom. The quantitative estimate of drug-likeness (QED) is 0.699. The number of imide groups is 1. The van der Waals surface area contributed by atoms with Crippen LogP contribution in [0.3, 0.4) is 0 Å². The summed E-state index contributed by atoms with van der Waals surface area (Å²) in [6.45, 7) is 0. The summed E-state index contributed by atoms with van der Waals surface area (Å²) in [5.41, 5.74) is 4.95. The Balaban J connectivity index is 3.07. The fourth-order valence-electron chi connectivity index (χ4n) is 1.72. The normalized spacial score (nSPS) is 11.4. The van der Waals surface area contributed by atoms with E-state index < -0.39 is 29.9 Å². The molecule has 0 bridgehead atoms. The van der Waals surface area contributed by atoms with Crippen LogP contribution in [0.25, 0.3) is 0 Å². The maximum Gasteiger partial charge on any atom is 0.415 e. The number of nitrogens with zero attached hydrogens (tertiary/aromatic N) is 1. The molecule has 0 aliphatic rings. The summed E-state index contributed by atoms with van der Waals surface area (Å²) in [6.07, 6.45) is -2.43. The SMILES string of the molecule is NC(=O)CCC(C(=O)O)N(C(=O)O)C(=O)c1ccccc1. The first-order valence-electron chi connectivity index (χ1n) is 5.97. The minimum absolute atomic E-state index is 0.0326. The molecule has 0 heterocycles. The van der Waals surface area contributed by atoms with Gasteiger partial charge in [-0.3, -0.25) is 9.59 Å². The molecule has 112 valence electrons. The van der Waals surface area contributed by atoms with Crippen LogP contribution < -0.4 is 5.73 Å². The van der Waals surface area contributed by atoms with Gasteiger partial charge in [0.2, 0.25) is 5.91 Å². The Hall–Kier alpha value is -2.90. The molecule has 0 fully saturated rings. The number of nitrogens with two attached hydrogens (primary N) is 1. The highest BCUT2D eigenvalue weighted by atomic mass is 16.4. The minimum Gasteiger partial charge on any atom is -0.480 e. The molecule has 8 nitrogen and oxygen atoms in total. The maximum atomic E-state index is 12.1. The summed E-state index contributed by atoms with van der Waals surface area (Å²) in [5, 5.41) is 18.2. The van der Waals surface area contributed by atoms with E-state index in [1.165, 1.54) is 24.3 Å². The zero-order valence-electron chi connectivity index (χ0n) is 10.9. The van der Waals surface area contributed by atoms with E-state index in [4.69, 9.17) is 15.9 Å². The van der Waals surface area contributed by atoms with Gasteiger partial charge in [-0.15, -0.1) is 0 Å². The summed E-state index contributed by atoms with van der Waals surface area (Å²) in [5.74, 6) is -3.28. The topological polar surface area (TPSA) is 138 Å². The third-order valence-corrected chi connectivity index (χ3v) is 2.71. The second kappa shape index (κ2) is 7.04. The van der Waals surface area contributed by atoms with E-state index >= 15 is 0 Å². The molecule has 4 N–H and O–H groups in total. The highest BCUT2D eigenvalue weighted by Gasteiger charge is 2.35. The molecule has 0 aromatic heterocycles. The molecule has 1 atom stereocenters. The van der Waals surface area contributed by atoms with E-state index in [0.29, 0.717) is 0 Å². The monoisotopic (exact) mass is 294 g/mol. The molecule has 3 amide bonds. The number of hydrogen-bond acceptors (Lipinski definition) is 4. The highest BCUT2D eigenvalue weighted by molar-refractivity contribution is 6.05. The van der Waals surface area contributed by atoms with Crippen LogP contribution in [0, 0.1) is 0 Å². The van der Waals surface area contributed by atoms with Gasteiger partial charge in [0.15, 0.2) is 0 Å². The van der Waals surface area contributed by atoms with Gasteiger partial charge in [0.25, 0.3) is 5.91 Å². The second-order valence-electron chi connectivity index (χ2n) is 4.18.